The molecule has 17 heavy (non-hydrogen) atoms. The second-order valence-electron chi connectivity index (χ2n) is 3.88. The van der Waals surface area contributed by atoms with Crippen LogP contribution in [-0.2, 0) is 0 Å². The Kier molecular flexibility index (Phi) is 2.37. The molecular weight excluding hydrogens is 207 g/mol. The van der Waals surface area contributed by atoms with Gasteiger partial charge in [0.2, 0.25) is 0 Å². The summed E-state index contributed by atoms with van der Waals surface area (Å²) >= 11 is 0. The molecule has 1 aromatic heterocycles. The maximum Gasteiger partial charge on any atom is 0.159 e. The molecule has 0 aliphatic carbocycles. The molecular formula is C14H9BN2. The second-order valence-corrected chi connectivity index (χ2v) is 3.88. The number of hydrogen-bond acceptors (Lipinski definition) is 2. The molecule has 0 aliphatic rings. The molecule has 0 fully saturated rings. The van der Waals surface area contributed by atoms with E-state index in [9.17, 15) is 0 Å². The van der Waals surface area contributed by atoms with Gasteiger partial charge in [0, 0.05) is 17.1 Å². The first-order chi connectivity index (χ1) is 8.33. The summed E-state index contributed by atoms with van der Waals surface area (Å²) in [6.07, 6.45) is 1.81. The molecule has 2 aromatic carbocycles. The zero-order valence-corrected chi connectivity index (χ0v) is 9.17. The van der Waals surface area contributed by atoms with Gasteiger partial charge in [-0.1, -0.05) is 47.9 Å². The molecule has 0 saturated heterocycles. The van der Waals surface area contributed by atoms with Crippen LogP contribution in [0.2, 0.25) is 0 Å². The highest BCUT2D eigenvalue weighted by molar-refractivity contribution is 6.33. The van der Waals surface area contributed by atoms with Gasteiger partial charge in [0.1, 0.15) is 7.85 Å². The normalized spacial score (nSPS) is 10.6. The fourth-order valence-corrected chi connectivity index (χ4v) is 1.78. The van der Waals surface area contributed by atoms with Gasteiger partial charge in [-0.3, -0.25) is 0 Å². The van der Waals surface area contributed by atoms with E-state index in [1.54, 1.807) is 6.20 Å². The highest BCUT2D eigenvalue weighted by Crippen LogP contribution is 2.16. The Hall–Kier alpha value is -2.16. The molecule has 0 saturated carbocycles. The molecule has 0 aliphatic heterocycles. The second kappa shape index (κ2) is 4.02. The molecule has 78 valence electrons. The van der Waals surface area contributed by atoms with Crippen LogP contribution >= 0.6 is 0 Å². The minimum absolute atomic E-state index is 0.730. The molecule has 0 spiro atoms. The Morgan fingerprint density at radius 3 is 2.59 bits per heavy atom. The summed E-state index contributed by atoms with van der Waals surface area (Å²) in [5.41, 5.74) is 2.66. The number of rotatable bonds is 1. The number of nitrogens with zero attached hydrogens (tertiary/aromatic N) is 2. The van der Waals surface area contributed by atoms with Crippen molar-refractivity contribution in [2.75, 3.05) is 0 Å². The van der Waals surface area contributed by atoms with E-state index in [2.05, 4.69) is 9.97 Å². The third-order valence-corrected chi connectivity index (χ3v) is 2.64. The third-order valence-electron chi connectivity index (χ3n) is 2.64. The predicted octanol–water partition coefficient (Wildman–Crippen LogP) is 2.09. The third kappa shape index (κ3) is 1.92. The highest BCUT2D eigenvalue weighted by atomic mass is 14.9. The van der Waals surface area contributed by atoms with Crippen LogP contribution in [0, 0.1) is 0 Å². The molecule has 2 nitrogen and oxygen atoms in total. The zero-order valence-electron chi connectivity index (χ0n) is 9.17. The Bertz CT molecular complexity index is 665. The Morgan fingerprint density at radius 2 is 1.76 bits per heavy atom. The summed E-state index contributed by atoms with van der Waals surface area (Å²) in [7, 11) is 5.72. The smallest absolute Gasteiger partial charge is 0.159 e. The van der Waals surface area contributed by atoms with Gasteiger partial charge >= 0.3 is 0 Å². The van der Waals surface area contributed by atoms with Crippen molar-refractivity contribution in [1.29, 1.82) is 0 Å². The first kappa shape index (κ1) is 10.0. The SMILES string of the molecule is [B]c1ccc2nc(-c3ccccc3)ncc2c1. The largest absolute Gasteiger partial charge is 0.236 e. The van der Waals surface area contributed by atoms with Gasteiger partial charge in [0.15, 0.2) is 5.82 Å². The topological polar surface area (TPSA) is 25.8 Å². The van der Waals surface area contributed by atoms with E-state index < -0.39 is 0 Å². The molecule has 0 unspecified atom stereocenters. The van der Waals surface area contributed by atoms with Crippen molar-refractivity contribution in [3.8, 4) is 11.4 Å². The van der Waals surface area contributed by atoms with Gasteiger partial charge in [-0.05, 0) is 6.07 Å². The van der Waals surface area contributed by atoms with Crippen molar-refractivity contribution in [2.24, 2.45) is 0 Å². The van der Waals surface area contributed by atoms with Crippen LogP contribution in [0.25, 0.3) is 22.3 Å². The lowest BCUT2D eigenvalue weighted by Gasteiger charge is -2.02. The van der Waals surface area contributed by atoms with E-state index in [0.717, 1.165) is 27.8 Å². The number of benzene rings is 2. The molecule has 0 N–H and O–H groups in total. The maximum absolute atomic E-state index is 5.72. The first-order valence-electron chi connectivity index (χ1n) is 5.41. The van der Waals surface area contributed by atoms with Crippen molar-refractivity contribution >= 4 is 24.2 Å². The molecule has 2 radical (unpaired) electrons. The molecule has 0 atom stereocenters. The van der Waals surface area contributed by atoms with Gasteiger partial charge in [0.25, 0.3) is 0 Å². The fourth-order valence-electron chi connectivity index (χ4n) is 1.78. The number of fused-ring (bicyclic) bond motifs is 1. The van der Waals surface area contributed by atoms with Gasteiger partial charge in [-0.2, -0.15) is 0 Å². The molecule has 0 bridgehead atoms. The van der Waals surface area contributed by atoms with E-state index >= 15 is 0 Å². The summed E-state index contributed by atoms with van der Waals surface area (Å²) in [5.74, 6) is 0.739. The van der Waals surface area contributed by atoms with Crippen molar-refractivity contribution < 1.29 is 0 Å². The van der Waals surface area contributed by atoms with Gasteiger partial charge in [0.05, 0.1) is 5.52 Å². The Morgan fingerprint density at radius 1 is 0.941 bits per heavy atom. The van der Waals surface area contributed by atoms with E-state index in [-0.39, 0.29) is 0 Å². The van der Waals surface area contributed by atoms with Crippen molar-refractivity contribution in [3.63, 3.8) is 0 Å². The number of hydrogen-bond donors (Lipinski definition) is 0. The van der Waals surface area contributed by atoms with Crippen LogP contribution < -0.4 is 5.46 Å². The highest BCUT2D eigenvalue weighted by Gasteiger charge is 2.02. The molecule has 3 heteroatoms. The lowest BCUT2D eigenvalue weighted by Crippen LogP contribution is -2.01. The molecule has 1 heterocycles. The Labute approximate surface area is 101 Å². The van der Waals surface area contributed by atoms with E-state index in [1.807, 2.05) is 48.5 Å². The lowest BCUT2D eigenvalue weighted by atomic mass is 9.95. The van der Waals surface area contributed by atoms with Crippen LogP contribution in [0.4, 0.5) is 0 Å². The predicted molar refractivity (Wildman–Crippen MR) is 70.4 cm³/mol. The monoisotopic (exact) mass is 216 g/mol. The standard InChI is InChI=1S/C14H9BN2/c15-12-6-7-13-11(8-12)9-16-14(17-13)10-4-2-1-3-5-10/h1-9H. The molecule has 3 aromatic rings. The maximum atomic E-state index is 5.72. The number of aromatic nitrogens is 2. The average molecular weight is 216 g/mol. The summed E-state index contributed by atoms with van der Waals surface area (Å²) in [6, 6.07) is 15.6. The molecule has 3 rings (SSSR count). The van der Waals surface area contributed by atoms with E-state index in [0.29, 0.717) is 0 Å². The van der Waals surface area contributed by atoms with Crippen molar-refractivity contribution in [1.82, 2.24) is 9.97 Å². The minimum atomic E-state index is 0.730. The van der Waals surface area contributed by atoms with E-state index in [1.165, 1.54) is 0 Å². The minimum Gasteiger partial charge on any atom is -0.236 e. The zero-order chi connectivity index (χ0) is 11.7. The van der Waals surface area contributed by atoms with Crippen LogP contribution in [0.5, 0.6) is 0 Å². The lowest BCUT2D eigenvalue weighted by molar-refractivity contribution is 1.23. The summed E-state index contributed by atoms with van der Waals surface area (Å²) < 4.78 is 0. The van der Waals surface area contributed by atoms with Gasteiger partial charge in [-0.25, -0.2) is 9.97 Å². The first-order valence-corrected chi connectivity index (χ1v) is 5.41. The molecule has 0 amide bonds. The van der Waals surface area contributed by atoms with Gasteiger partial charge in [-0.15, -0.1) is 0 Å². The van der Waals surface area contributed by atoms with Crippen molar-refractivity contribution in [2.45, 2.75) is 0 Å². The van der Waals surface area contributed by atoms with Crippen LogP contribution in [0.3, 0.4) is 0 Å². The fraction of sp³-hybridized carbons (Fsp3) is 0. The average Bonchev–Trinajstić information content (AvgIpc) is 2.39. The van der Waals surface area contributed by atoms with Crippen molar-refractivity contribution in [3.05, 3.63) is 54.7 Å². The van der Waals surface area contributed by atoms with E-state index in [4.69, 9.17) is 7.85 Å². The quantitative estimate of drug-likeness (QED) is 0.582. The Balaban J connectivity index is 2.17. The summed E-state index contributed by atoms with van der Waals surface area (Å²) in [5, 5.41) is 0.963. The van der Waals surface area contributed by atoms with Crippen LogP contribution in [0.1, 0.15) is 0 Å². The van der Waals surface area contributed by atoms with Crippen LogP contribution in [-0.4, -0.2) is 17.8 Å². The summed E-state index contributed by atoms with van der Waals surface area (Å²) in [6.45, 7) is 0. The van der Waals surface area contributed by atoms with Crippen LogP contribution in [0.15, 0.2) is 54.7 Å². The van der Waals surface area contributed by atoms with Gasteiger partial charge < -0.3 is 0 Å². The summed E-state index contributed by atoms with van der Waals surface area (Å²) in [4.78, 5) is 8.87.